The van der Waals surface area contributed by atoms with Crippen molar-refractivity contribution in [2.45, 2.75) is 17.9 Å². The molecule has 1 aromatic rings. The molecule has 0 bridgehead atoms. The fourth-order valence-corrected chi connectivity index (χ4v) is 2.49. The SMILES string of the molecule is COCCCNS(=O)(=O)c1cccc(CN)c1. The maximum Gasteiger partial charge on any atom is 0.240 e. The Hall–Kier alpha value is -0.950. The van der Waals surface area contributed by atoms with Gasteiger partial charge in [0, 0.05) is 26.8 Å². The third-order valence-electron chi connectivity index (χ3n) is 2.26. The van der Waals surface area contributed by atoms with Crippen LogP contribution in [0.3, 0.4) is 0 Å². The molecular formula is C11H18N2O3S. The number of hydrogen-bond acceptors (Lipinski definition) is 4. The lowest BCUT2D eigenvalue weighted by Crippen LogP contribution is -2.25. The highest BCUT2D eigenvalue weighted by molar-refractivity contribution is 7.89. The predicted molar refractivity (Wildman–Crippen MR) is 66.0 cm³/mol. The van der Waals surface area contributed by atoms with E-state index in [0.717, 1.165) is 5.56 Å². The molecule has 0 saturated carbocycles. The Morgan fingerprint density at radius 1 is 1.41 bits per heavy atom. The predicted octanol–water partition coefficient (Wildman–Crippen LogP) is 0.460. The van der Waals surface area contributed by atoms with Crippen LogP contribution in [0.25, 0.3) is 0 Å². The van der Waals surface area contributed by atoms with E-state index >= 15 is 0 Å². The molecule has 0 heterocycles. The van der Waals surface area contributed by atoms with E-state index in [1.54, 1.807) is 31.4 Å². The lowest BCUT2D eigenvalue weighted by molar-refractivity contribution is 0.196. The summed E-state index contributed by atoms with van der Waals surface area (Å²) in [4.78, 5) is 0.248. The van der Waals surface area contributed by atoms with Crippen LogP contribution in [0.4, 0.5) is 0 Å². The van der Waals surface area contributed by atoms with Crippen LogP contribution >= 0.6 is 0 Å². The monoisotopic (exact) mass is 258 g/mol. The maximum atomic E-state index is 11.9. The summed E-state index contributed by atoms with van der Waals surface area (Å²) in [5.41, 5.74) is 6.27. The smallest absolute Gasteiger partial charge is 0.240 e. The third-order valence-corrected chi connectivity index (χ3v) is 3.72. The summed E-state index contributed by atoms with van der Waals surface area (Å²) in [5.74, 6) is 0. The van der Waals surface area contributed by atoms with E-state index in [-0.39, 0.29) is 4.90 Å². The van der Waals surface area contributed by atoms with Crippen LogP contribution in [-0.4, -0.2) is 28.7 Å². The van der Waals surface area contributed by atoms with Crippen LogP contribution in [0.1, 0.15) is 12.0 Å². The van der Waals surface area contributed by atoms with Crippen LogP contribution in [0.5, 0.6) is 0 Å². The highest BCUT2D eigenvalue weighted by atomic mass is 32.2. The van der Waals surface area contributed by atoms with Gasteiger partial charge in [-0.15, -0.1) is 0 Å². The van der Waals surface area contributed by atoms with E-state index in [9.17, 15) is 8.42 Å². The molecular weight excluding hydrogens is 240 g/mol. The first-order chi connectivity index (χ1) is 8.10. The highest BCUT2D eigenvalue weighted by Gasteiger charge is 2.12. The van der Waals surface area contributed by atoms with Gasteiger partial charge >= 0.3 is 0 Å². The summed E-state index contributed by atoms with van der Waals surface area (Å²) in [6, 6.07) is 6.62. The summed E-state index contributed by atoms with van der Waals surface area (Å²) in [7, 11) is -1.85. The Morgan fingerprint density at radius 3 is 2.82 bits per heavy atom. The summed E-state index contributed by atoms with van der Waals surface area (Å²) >= 11 is 0. The zero-order valence-corrected chi connectivity index (χ0v) is 10.7. The van der Waals surface area contributed by atoms with Gasteiger partial charge in [-0.05, 0) is 24.1 Å². The number of sulfonamides is 1. The Labute approximate surface area is 102 Å². The molecule has 5 nitrogen and oxygen atoms in total. The van der Waals surface area contributed by atoms with Crippen molar-refractivity contribution in [3.8, 4) is 0 Å². The molecule has 0 amide bonds. The van der Waals surface area contributed by atoms with Gasteiger partial charge in [-0.2, -0.15) is 0 Å². The van der Waals surface area contributed by atoms with Crippen LogP contribution < -0.4 is 10.5 Å². The van der Waals surface area contributed by atoms with E-state index in [0.29, 0.717) is 26.1 Å². The van der Waals surface area contributed by atoms with Gasteiger partial charge in [0.25, 0.3) is 0 Å². The summed E-state index contributed by atoms with van der Waals surface area (Å²) in [6.07, 6.45) is 0.645. The van der Waals surface area contributed by atoms with Crippen LogP contribution in [0.15, 0.2) is 29.2 Å². The molecule has 3 N–H and O–H groups in total. The molecule has 1 aromatic carbocycles. The minimum Gasteiger partial charge on any atom is -0.385 e. The molecule has 0 aromatic heterocycles. The van der Waals surface area contributed by atoms with Gasteiger partial charge in [0.2, 0.25) is 10.0 Å². The zero-order chi connectivity index (χ0) is 12.7. The Kier molecular flexibility index (Phi) is 5.57. The zero-order valence-electron chi connectivity index (χ0n) is 9.85. The summed E-state index contributed by atoms with van der Waals surface area (Å²) in [6.45, 7) is 1.22. The number of nitrogens with one attached hydrogen (secondary N) is 1. The largest absolute Gasteiger partial charge is 0.385 e. The Balaban J connectivity index is 2.68. The molecule has 0 atom stereocenters. The van der Waals surface area contributed by atoms with Gasteiger partial charge in [-0.1, -0.05) is 12.1 Å². The van der Waals surface area contributed by atoms with Crippen LogP contribution in [-0.2, 0) is 21.3 Å². The van der Waals surface area contributed by atoms with Gasteiger partial charge in [-0.25, -0.2) is 13.1 Å². The van der Waals surface area contributed by atoms with Gasteiger partial charge in [0.05, 0.1) is 4.90 Å². The number of rotatable bonds is 7. The van der Waals surface area contributed by atoms with E-state index < -0.39 is 10.0 Å². The normalized spacial score (nSPS) is 11.6. The minimum atomic E-state index is -3.43. The Bertz CT molecular complexity index is 446. The van der Waals surface area contributed by atoms with Crippen molar-refractivity contribution in [2.75, 3.05) is 20.3 Å². The van der Waals surface area contributed by atoms with Crippen LogP contribution in [0, 0.1) is 0 Å². The van der Waals surface area contributed by atoms with Gasteiger partial charge < -0.3 is 10.5 Å². The molecule has 6 heteroatoms. The van der Waals surface area contributed by atoms with Crippen molar-refractivity contribution >= 4 is 10.0 Å². The van der Waals surface area contributed by atoms with Crippen molar-refractivity contribution in [3.05, 3.63) is 29.8 Å². The second-order valence-corrected chi connectivity index (χ2v) is 5.36. The molecule has 0 radical (unpaired) electrons. The first-order valence-electron chi connectivity index (χ1n) is 5.38. The molecule has 0 spiro atoms. The van der Waals surface area contributed by atoms with Gasteiger partial charge in [-0.3, -0.25) is 0 Å². The van der Waals surface area contributed by atoms with Crippen molar-refractivity contribution in [2.24, 2.45) is 5.73 Å². The maximum absolute atomic E-state index is 11.9. The highest BCUT2D eigenvalue weighted by Crippen LogP contribution is 2.10. The number of nitrogens with two attached hydrogens (primary N) is 1. The fraction of sp³-hybridized carbons (Fsp3) is 0.455. The van der Waals surface area contributed by atoms with E-state index in [1.165, 1.54) is 0 Å². The standard InChI is InChI=1S/C11H18N2O3S/c1-16-7-3-6-13-17(14,15)11-5-2-4-10(8-11)9-12/h2,4-5,8,13H,3,6-7,9,12H2,1H3. The molecule has 0 aliphatic heterocycles. The average molecular weight is 258 g/mol. The topological polar surface area (TPSA) is 81.4 Å². The molecule has 96 valence electrons. The van der Waals surface area contributed by atoms with Crippen molar-refractivity contribution in [1.82, 2.24) is 4.72 Å². The average Bonchev–Trinajstić information content (AvgIpc) is 2.35. The first-order valence-corrected chi connectivity index (χ1v) is 6.86. The number of ether oxygens (including phenoxy) is 1. The molecule has 0 fully saturated rings. The molecule has 0 unspecified atom stereocenters. The minimum absolute atomic E-state index is 0.248. The summed E-state index contributed by atoms with van der Waals surface area (Å²) in [5, 5.41) is 0. The van der Waals surface area contributed by atoms with Gasteiger partial charge in [0.1, 0.15) is 0 Å². The fourth-order valence-electron chi connectivity index (χ4n) is 1.35. The Morgan fingerprint density at radius 2 is 2.18 bits per heavy atom. The lowest BCUT2D eigenvalue weighted by Gasteiger charge is -2.07. The van der Waals surface area contributed by atoms with E-state index in [1.807, 2.05) is 0 Å². The summed E-state index contributed by atoms with van der Waals surface area (Å²) < 4.78 is 31.1. The molecule has 17 heavy (non-hydrogen) atoms. The third kappa shape index (κ3) is 4.43. The van der Waals surface area contributed by atoms with Crippen molar-refractivity contribution < 1.29 is 13.2 Å². The van der Waals surface area contributed by atoms with E-state index in [4.69, 9.17) is 10.5 Å². The van der Waals surface area contributed by atoms with Crippen molar-refractivity contribution in [1.29, 1.82) is 0 Å². The van der Waals surface area contributed by atoms with Gasteiger partial charge in [0.15, 0.2) is 0 Å². The quantitative estimate of drug-likeness (QED) is 0.696. The van der Waals surface area contributed by atoms with Crippen molar-refractivity contribution in [3.63, 3.8) is 0 Å². The number of benzene rings is 1. The second-order valence-electron chi connectivity index (χ2n) is 3.60. The number of hydrogen-bond donors (Lipinski definition) is 2. The lowest BCUT2D eigenvalue weighted by atomic mass is 10.2. The van der Waals surface area contributed by atoms with E-state index in [2.05, 4.69) is 4.72 Å². The molecule has 0 saturated heterocycles. The number of methoxy groups -OCH3 is 1. The second kappa shape index (κ2) is 6.70. The van der Waals surface area contributed by atoms with Crippen LogP contribution in [0.2, 0.25) is 0 Å². The first kappa shape index (κ1) is 14.1. The molecule has 0 aliphatic carbocycles. The molecule has 0 aliphatic rings. The molecule has 1 rings (SSSR count).